The van der Waals surface area contributed by atoms with Crippen molar-refractivity contribution in [3.8, 4) is 11.5 Å². The minimum Gasteiger partial charge on any atom is -0.452 e. The first-order chi connectivity index (χ1) is 14.4. The average Bonchev–Trinajstić information content (AvgIpc) is 3.01. The molecule has 1 heterocycles. The van der Waals surface area contributed by atoms with E-state index in [4.69, 9.17) is 32.7 Å². The van der Waals surface area contributed by atoms with Crippen LogP contribution < -0.4 is 9.47 Å². The van der Waals surface area contributed by atoms with Gasteiger partial charge in [-0.15, -0.1) is 0 Å². The molecule has 1 aliphatic heterocycles. The van der Waals surface area contributed by atoms with Crippen LogP contribution in [0.3, 0.4) is 0 Å². The highest BCUT2D eigenvalue weighted by Gasteiger charge is 2.30. The largest absolute Gasteiger partial charge is 0.452 e. The van der Waals surface area contributed by atoms with Crippen molar-refractivity contribution in [3.63, 3.8) is 0 Å². The number of rotatable bonds is 4. The number of aryl methyl sites for hydroxylation is 1. The quantitative estimate of drug-likeness (QED) is 0.282. The van der Waals surface area contributed by atoms with Crippen molar-refractivity contribution in [2.75, 3.05) is 0 Å². The number of benzene rings is 3. The summed E-state index contributed by atoms with van der Waals surface area (Å²) in [4.78, 5) is 25.0. The Morgan fingerprint density at radius 2 is 1.80 bits per heavy atom. The summed E-state index contributed by atoms with van der Waals surface area (Å²) in [5.41, 5.74) is 2.66. The first-order valence-corrected chi connectivity index (χ1v) is 9.95. The molecule has 0 radical (unpaired) electrons. The van der Waals surface area contributed by atoms with Gasteiger partial charge in [0.15, 0.2) is 5.76 Å². The maximum absolute atomic E-state index is 12.8. The van der Waals surface area contributed by atoms with E-state index < -0.39 is 5.97 Å². The molecule has 0 saturated heterocycles. The third-order valence-corrected chi connectivity index (χ3v) is 5.35. The van der Waals surface area contributed by atoms with Gasteiger partial charge in [0.25, 0.3) is 0 Å². The molecule has 0 saturated carbocycles. The van der Waals surface area contributed by atoms with Crippen LogP contribution in [0.25, 0.3) is 6.08 Å². The second kappa shape index (κ2) is 8.34. The fourth-order valence-electron chi connectivity index (χ4n) is 3.22. The number of fused-ring (bicyclic) bond motifs is 1. The SMILES string of the molecule is Cc1cc(OC(=O)Cc2ccccc2)cc2c1C(=O)/C(=C/c1ccc(Cl)c(Cl)c1)O2. The summed E-state index contributed by atoms with van der Waals surface area (Å²) < 4.78 is 11.2. The highest BCUT2D eigenvalue weighted by Crippen LogP contribution is 2.38. The average molecular weight is 439 g/mol. The maximum Gasteiger partial charge on any atom is 0.315 e. The zero-order valence-electron chi connectivity index (χ0n) is 15.9. The molecule has 0 unspecified atom stereocenters. The molecule has 3 aromatic carbocycles. The van der Waals surface area contributed by atoms with Crippen molar-refractivity contribution in [1.29, 1.82) is 0 Å². The predicted octanol–water partition coefficient (Wildman–Crippen LogP) is 6.07. The molecule has 30 heavy (non-hydrogen) atoms. The van der Waals surface area contributed by atoms with Gasteiger partial charge in [0.2, 0.25) is 5.78 Å². The van der Waals surface area contributed by atoms with E-state index in [1.165, 1.54) is 0 Å². The third-order valence-electron chi connectivity index (χ3n) is 4.61. The lowest BCUT2D eigenvalue weighted by Crippen LogP contribution is -2.11. The Morgan fingerprint density at radius 1 is 1.03 bits per heavy atom. The highest BCUT2D eigenvalue weighted by atomic mass is 35.5. The summed E-state index contributed by atoms with van der Waals surface area (Å²) in [6, 6.07) is 17.6. The van der Waals surface area contributed by atoms with E-state index in [1.807, 2.05) is 30.3 Å². The summed E-state index contributed by atoms with van der Waals surface area (Å²) in [7, 11) is 0. The molecule has 6 heteroatoms. The minimum atomic E-state index is -0.392. The first kappa shape index (κ1) is 20.2. The molecule has 4 nitrogen and oxygen atoms in total. The molecule has 3 aromatic rings. The van der Waals surface area contributed by atoms with Gasteiger partial charge in [-0.25, -0.2) is 0 Å². The van der Waals surface area contributed by atoms with E-state index in [9.17, 15) is 9.59 Å². The zero-order valence-corrected chi connectivity index (χ0v) is 17.5. The number of halogens is 2. The summed E-state index contributed by atoms with van der Waals surface area (Å²) in [6.45, 7) is 1.77. The van der Waals surface area contributed by atoms with Gasteiger partial charge >= 0.3 is 5.97 Å². The second-order valence-electron chi connectivity index (χ2n) is 6.86. The number of allylic oxidation sites excluding steroid dienone is 1. The molecule has 4 rings (SSSR count). The Labute approximate surface area is 183 Å². The van der Waals surface area contributed by atoms with Gasteiger partial charge in [0, 0.05) is 6.07 Å². The summed E-state index contributed by atoms with van der Waals surface area (Å²) >= 11 is 12.0. The lowest BCUT2D eigenvalue weighted by atomic mass is 10.0. The van der Waals surface area contributed by atoms with Crippen molar-refractivity contribution < 1.29 is 19.1 Å². The molecule has 0 aliphatic carbocycles. The Morgan fingerprint density at radius 3 is 2.53 bits per heavy atom. The van der Waals surface area contributed by atoms with Crippen molar-refractivity contribution in [2.24, 2.45) is 0 Å². The Bertz CT molecular complexity index is 1180. The number of esters is 1. The molecular weight excluding hydrogens is 423 g/mol. The molecule has 0 fully saturated rings. The van der Waals surface area contributed by atoms with Gasteiger partial charge in [-0.2, -0.15) is 0 Å². The van der Waals surface area contributed by atoms with Crippen LogP contribution in [0.4, 0.5) is 0 Å². The zero-order chi connectivity index (χ0) is 21.3. The molecular formula is C24H16Cl2O4. The van der Waals surface area contributed by atoms with Crippen LogP contribution >= 0.6 is 23.2 Å². The van der Waals surface area contributed by atoms with E-state index in [2.05, 4.69) is 0 Å². The number of Topliss-reactive ketones (excluding diaryl/α,β-unsaturated/α-hetero) is 1. The maximum atomic E-state index is 12.8. The Hall–Kier alpha value is -3.08. The molecule has 1 aliphatic rings. The van der Waals surface area contributed by atoms with Crippen LogP contribution in [0.1, 0.15) is 27.0 Å². The number of carbonyl (C=O) groups is 2. The van der Waals surface area contributed by atoms with E-state index >= 15 is 0 Å². The van der Waals surface area contributed by atoms with E-state index in [0.717, 1.165) is 5.56 Å². The second-order valence-corrected chi connectivity index (χ2v) is 7.68. The van der Waals surface area contributed by atoms with Gasteiger partial charge < -0.3 is 9.47 Å². The van der Waals surface area contributed by atoms with Crippen molar-refractivity contribution in [2.45, 2.75) is 13.3 Å². The molecule has 0 bridgehead atoms. The van der Waals surface area contributed by atoms with Crippen LogP contribution in [0.15, 0.2) is 66.4 Å². The van der Waals surface area contributed by atoms with Gasteiger partial charge in [0.05, 0.1) is 22.0 Å². The van der Waals surface area contributed by atoms with Crippen molar-refractivity contribution in [1.82, 2.24) is 0 Å². The lowest BCUT2D eigenvalue weighted by Gasteiger charge is -2.08. The van der Waals surface area contributed by atoms with E-state index in [-0.39, 0.29) is 18.0 Å². The highest BCUT2D eigenvalue weighted by molar-refractivity contribution is 6.42. The number of hydrogen-bond acceptors (Lipinski definition) is 4. The fraction of sp³-hybridized carbons (Fsp3) is 0.0833. The smallest absolute Gasteiger partial charge is 0.315 e. The van der Waals surface area contributed by atoms with Gasteiger partial charge in [-0.3, -0.25) is 9.59 Å². The van der Waals surface area contributed by atoms with Crippen LogP contribution in [-0.2, 0) is 11.2 Å². The molecule has 0 aromatic heterocycles. The van der Waals surface area contributed by atoms with Crippen LogP contribution in [0.5, 0.6) is 11.5 Å². The van der Waals surface area contributed by atoms with Gasteiger partial charge in [-0.05, 0) is 47.9 Å². The summed E-state index contributed by atoms with van der Waals surface area (Å²) in [5, 5.41) is 0.816. The molecule has 0 spiro atoms. The Balaban J connectivity index is 1.55. The van der Waals surface area contributed by atoms with E-state index in [0.29, 0.717) is 38.2 Å². The van der Waals surface area contributed by atoms with Crippen molar-refractivity contribution in [3.05, 3.63) is 98.7 Å². The third kappa shape index (κ3) is 4.25. The molecule has 0 amide bonds. The number of ketones is 1. The van der Waals surface area contributed by atoms with Gasteiger partial charge in [0.1, 0.15) is 11.5 Å². The standard InChI is InChI=1S/C24H16Cl2O4/c1-14-9-17(29-22(27)12-15-5-3-2-4-6-15)13-20-23(14)24(28)21(30-20)11-16-7-8-18(25)19(26)10-16/h2-11,13H,12H2,1H3/b21-11-. The first-order valence-electron chi connectivity index (χ1n) is 9.19. The topological polar surface area (TPSA) is 52.6 Å². The minimum absolute atomic E-state index is 0.152. The van der Waals surface area contributed by atoms with E-state index in [1.54, 1.807) is 43.3 Å². The summed E-state index contributed by atoms with van der Waals surface area (Å²) in [6.07, 6.45) is 1.75. The number of carbonyl (C=O) groups excluding carboxylic acids is 2. The molecule has 0 N–H and O–H groups in total. The number of ether oxygens (including phenoxy) is 2. The van der Waals surface area contributed by atoms with Crippen LogP contribution in [0.2, 0.25) is 10.0 Å². The lowest BCUT2D eigenvalue weighted by molar-refractivity contribution is -0.133. The monoisotopic (exact) mass is 438 g/mol. The Kier molecular flexibility index (Phi) is 5.62. The fourth-order valence-corrected chi connectivity index (χ4v) is 3.53. The van der Waals surface area contributed by atoms with Crippen LogP contribution in [-0.4, -0.2) is 11.8 Å². The van der Waals surface area contributed by atoms with Crippen LogP contribution in [0, 0.1) is 6.92 Å². The normalized spacial score (nSPS) is 13.8. The predicted molar refractivity (Wildman–Crippen MR) is 116 cm³/mol. The molecule has 0 atom stereocenters. The molecule has 150 valence electrons. The van der Waals surface area contributed by atoms with Gasteiger partial charge in [-0.1, -0.05) is 59.6 Å². The van der Waals surface area contributed by atoms with Crippen molar-refractivity contribution >= 4 is 41.0 Å². The number of hydrogen-bond donors (Lipinski definition) is 0. The summed E-state index contributed by atoms with van der Waals surface area (Å²) in [5.74, 6) is 0.219.